The Labute approximate surface area is 157 Å². The van der Waals surface area contributed by atoms with Crippen molar-refractivity contribution in [3.63, 3.8) is 0 Å². The van der Waals surface area contributed by atoms with Crippen LogP contribution in [0.15, 0.2) is 29.3 Å². The summed E-state index contributed by atoms with van der Waals surface area (Å²) in [5.41, 5.74) is 1.18. The van der Waals surface area contributed by atoms with Crippen LogP contribution in [0.5, 0.6) is 5.75 Å². The first-order valence-electron chi connectivity index (χ1n) is 7.89. The summed E-state index contributed by atoms with van der Waals surface area (Å²) in [6.07, 6.45) is 0. The first-order chi connectivity index (χ1) is 10.7. The van der Waals surface area contributed by atoms with Gasteiger partial charge < -0.3 is 20.1 Å². The molecule has 0 aromatic heterocycles. The highest BCUT2D eigenvalue weighted by atomic mass is 127. The lowest BCUT2D eigenvalue weighted by Gasteiger charge is -2.12. The molecule has 0 aliphatic carbocycles. The highest BCUT2D eigenvalue weighted by molar-refractivity contribution is 14.0. The number of nitrogens with one attached hydrogen (secondary N) is 2. The maximum Gasteiger partial charge on any atom is 0.191 e. The number of rotatable bonds is 9. The highest BCUT2D eigenvalue weighted by Crippen LogP contribution is 2.13. The van der Waals surface area contributed by atoms with Crippen LogP contribution in [0.1, 0.15) is 26.3 Å². The molecule has 1 aromatic rings. The minimum Gasteiger partial charge on any atom is -0.493 e. The molecule has 0 bridgehead atoms. The summed E-state index contributed by atoms with van der Waals surface area (Å²) in [6, 6.07) is 8.14. The fourth-order valence-electron chi connectivity index (χ4n) is 1.76. The van der Waals surface area contributed by atoms with Gasteiger partial charge in [-0.1, -0.05) is 26.0 Å². The zero-order chi connectivity index (χ0) is 16.2. The lowest BCUT2D eigenvalue weighted by molar-refractivity contribution is 0.152. The van der Waals surface area contributed by atoms with E-state index in [1.54, 1.807) is 7.05 Å². The Morgan fingerprint density at radius 2 is 1.87 bits per heavy atom. The molecule has 0 amide bonds. The van der Waals surface area contributed by atoms with Crippen molar-refractivity contribution in [1.82, 2.24) is 10.6 Å². The second kappa shape index (κ2) is 13.4. The molecule has 23 heavy (non-hydrogen) atoms. The van der Waals surface area contributed by atoms with Crippen LogP contribution in [-0.4, -0.2) is 39.4 Å². The smallest absolute Gasteiger partial charge is 0.191 e. The van der Waals surface area contributed by atoms with E-state index in [4.69, 9.17) is 9.47 Å². The molecule has 2 N–H and O–H groups in total. The van der Waals surface area contributed by atoms with Gasteiger partial charge in [0.15, 0.2) is 5.96 Å². The van der Waals surface area contributed by atoms with Crippen LogP contribution in [0.2, 0.25) is 0 Å². The third-order valence-corrected chi connectivity index (χ3v) is 2.93. The monoisotopic (exact) mass is 435 g/mol. The number of aliphatic imine (C=N–C) groups is 1. The number of ether oxygens (including phenoxy) is 2. The normalized spacial score (nSPS) is 11.1. The van der Waals surface area contributed by atoms with Gasteiger partial charge in [-0.15, -0.1) is 24.0 Å². The van der Waals surface area contributed by atoms with E-state index in [2.05, 4.69) is 41.6 Å². The van der Waals surface area contributed by atoms with Crippen molar-refractivity contribution < 1.29 is 9.47 Å². The van der Waals surface area contributed by atoms with E-state index < -0.39 is 0 Å². The fourth-order valence-corrected chi connectivity index (χ4v) is 1.76. The number of halogens is 1. The quantitative estimate of drug-likeness (QED) is 0.271. The summed E-state index contributed by atoms with van der Waals surface area (Å²) in [4.78, 5) is 4.18. The largest absolute Gasteiger partial charge is 0.493 e. The van der Waals surface area contributed by atoms with E-state index in [1.165, 1.54) is 5.56 Å². The van der Waals surface area contributed by atoms with Crippen molar-refractivity contribution in [2.24, 2.45) is 10.9 Å². The minimum atomic E-state index is 0. The zero-order valence-electron chi connectivity index (χ0n) is 14.6. The standard InChI is InChI=1S/C17H29N3O2.HI/c1-5-21-11-10-19-17(18-4)20-12-15-6-8-16(9-7-15)22-13-14(2)3;/h6-9,14H,5,10-13H2,1-4H3,(H2,18,19,20);1H. The van der Waals surface area contributed by atoms with Crippen LogP contribution < -0.4 is 15.4 Å². The lowest BCUT2D eigenvalue weighted by Crippen LogP contribution is -2.38. The number of nitrogens with zero attached hydrogens (tertiary/aromatic N) is 1. The Morgan fingerprint density at radius 3 is 2.43 bits per heavy atom. The van der Waals surface area contributed by atoms with Gasteiger partial charge in [-0.05, 0) is 30.5 Å². The Kier molecular flexibility index (Phi) is 12.8. The SMILES string of the molecule is CCOCCNC(=NC)NCc1ccc(OCC(C)C)cc1.I. The summed E-state index contributed by atoms with van der Waals surface area (Å²) in [5.74, 6) is 2.23. The van der Waals surface area contributed by atoms with Gasteiger partial charge in [-0.3, -0.25) is 4.99 Å². The summed E-state index contributed by atoms with van der Waals surface area (Å²) < 4.78 is 11.0. The van der Waals surface area contributed by atoms with Crippen molar-refractivity contribution in [3.05, 3.63) is 29.8 Å². The Bertz CT molecular complexity index is 436. The summed E-state index contributed by atoms with van der Waals surface area (Å²) in [5, 5.41) is 6.48. The number of hydrogen-bond acceptors (Lipinski definition) is 3. The van der Waals surface area contributed by atoms with E-state index in [-0.39, 0.29) is 24.0 Å². The topological polar surface area (TPSA) is 54.9 Å². The maximum atomic E-state index is 5.67. The van der Waals surface area contributed by atoms with Crippen LogP contribution in [0, 0.1) is 5.92 Å². The molecule has 6 heteroatoms. The lowest BCUT2D eigenvalue weighted by atomic mass is 10.2. The molecule has 0 saturated carbocycles. The average molecular weight is 435 g/mol. The van der Waals surface area contributed by atoms with Crippen molar-refractivity contribution in [2.45, 2.75) is 27.3 Å². The highest BCUT2D eigenvalue weighted by Gasteiger charge is 2.00. The molecule has 0 aliphatic heterocycles. The van der Waals surface area contributed by atoms with E-state index in [1.807, 2.05) is 19.1 Å². The van der Waals surface area contributed by atoms with E-state index >= 15 is 0 Å². The number of guanidine groups is 1. The molecule has 1 rings (SSSR count). The van der Waals surface area contributed by atoms with Crippen LogP contribution in [0.4, 0.5) is 0 Å². The molecule has 0 saturated heterocycles. The summed E-state index contributed by atoms with van der Waals surface area (Å²) in [7, 11) is 1.76. The first-order valence-corrected chi connectivity index (χ1v) is 7.89. The molecule has 5 nitrogen and oxygen atoms in total. The summed E-state index contributed by atoms with van der Waals surface area (Å²) in [6.45, 7) is 9.90. The van der Waals surface area contributed by atoms with Crippen LogP contribution in [0.25, 0.3) is 0 Å². The molecule has 0 radical (unpaired) electrons. The van der Waals surface area contributed by atoms with Crippen molar-refractivity contribution in [1.29, 1.82) is 0 Å². The third-order valence-electron chi connectivity index (χ3n) is 2.93. The molecule has 0 heterocycles. The first kappa shape index (κ1) is 22.0. The van der Waals surface area contributed by atoms with Crippen molar-refractivity contribution in [3.8, 4) is 5.75 Å². The van der Waals surface area contributed by atoms with Gasteiger partial charge in [-0.25, -0.2) is 0 Å². The molecule has 0 unspecified atom stereocenters. The average Bonchev–Trinajstić information content (AvgIpc) is 2.53. The number of hydrogen-bond donors (Lipinski definition) is 2. The Hall–Kier alpha value is -1.02. The Balaban J connectivity index is 0.00000484. The second-order valence-corrected chi connectivity index (χ2v) is 5.40. The van der Waals surface area contributed by atoms with Crippen molar-refractivity contribution >= 4 is 29.9 Å². The molecule has 1 aromatic carbocycles. The third kappa shape index (κ3) is 10.4. The Morgan fingerprint density at radius 1 is 1.17 bits per heavy atom. The van der Waals surface area contributed by atoms with E-state index in [0.717, 1.165) is 38.0 Å². The molecule has 0 atom stereocenters. The van der Waals surface area contributed by atoms with Gasteiger partial charge in [-0.2, -0.15) is 0 Å². The fraction of sp³-hybridized carbons (Fsp3) is 0.588. The van der Waals surface area contributed by atoms with Gasteiger partial charge in [0.1, 0.15) is 5.75 Å². The van der Waals surface area contributed by atoms with Crippen molar-refractivity contribution in [2.75, 3.05) is 33.4 Å². The van der Waals surface area contributed by atoms with Gasteiger partial charge in [0, 0.05) is 26.7 Å². The van der Waals surface area contributed by atoms with Gasteiger partial charge in [0.05, 0.1) is 13.2 Å². The second-order valence-electron chi connectivity index (χ2n) is 5.40. The molecule has 0 fully saturated rings. The minimum absolute atomic E-state index is 0. The van der Waals surface area contributed by atoms with Gasteiger partial charge in [0.25, 0.3) is 0 Å². The maximum absolute atomic E-state index is 5.67. The predicted molar refractivity (Wildman–Crippen MR) is 107 cm³/mol. The van der Waals surface area contributed by atoms with E-state index in [0.29, 0.717) is 12.5 Å². The molecule has 0 spiro atoms. The van der Waals surface area contributed by atoms with Crippen LogP contribution in [-0.2, 0) is 11.3 Å². The predicted octanol–water partition coefficient (Wildman–Crippen LogP) is 3.04. The summed E-state index contributed by atoms with van der Waals surface area (Å²) >= 11 is 0. The molecular formula is C17H30IN3O2. The molecular weight excluding hydrogens is 405 g/mol. The van der Waals surface area contributed by atoms with Crippen LogP contribution >= 0.6 is 24.0 Å². The van der Waals surface area contributed by atoms with E-state index in [9.17, 15) is 0 Å². The van der Waals surface area contributed by atoms with Gasteiger partial charge in [0.2, 0.25) is 0 Å². The van der Waals surface area contributed by atoms with Gasteiger partial charge >= 0.3 is 0 Å². The molecule has 0 aliphatic rings. The zero-order valence-corrected chi connectivity index (χ0v) is 16.9. The van der Waals surface area contributed by atoms with Crippen LogP contribution in [0.3, 0.4) is 0 Å². The molecule has 132 valence electrons. The number of benzene rings is 1.